The van der Waals surface area contributed by atoms with Crippen LogP contribution < -0.4 is 10.5 Å². The van der Waals surface area contributed by atoms with Crippen molar-refractivity contribution in [1.82, 2.24) is 0 Å². The second-order valence-electron chi connectivity index (χ2n) is 4.27. The maximum Gasteiger partial charge on any atom is 0.419 e. The van der Waals surface area contributed by atoms with Gasteiger partial charge in [0.15, 0.2) is 0 Å². The molecule has 2 aromatic carbocycles. The van der Waals surface area contributed by atoms with E-state index in [0.717, 1.165) is 11.6 Å². The van der Waals surface area contributed by atoms with E-state index in [9.17, 15) is 13.2 Å². The van der Waals surface area contributed by atoms with Gasteiger partial charge in [0.2, 0.25) is 0 Å². The average molecular weight is 281 g/mol. The van der Waals surface area contributed by atoms with E-state index in [2.05, 4.69) is 0 Å². The summed E-state index contributed by atoms with van der Waals surface area (Å²) in [5, 5.41) is 0. The highest BCUT2D eigenvalue weighted by Crippen LogP contribution is 2.38. The van der Waals surface area contributed by atoms with Crippen LogP contribution in [0.4, 0.5) is 13.2 Å². The molecule has 0 fully saturated rings. The highest BCUT2D eigenvalue weighted by molar-refractivity contribution is 5.43. The fourth-order valence-electron chi connectivity index (χ4n) is 1.87. The molecule has 106 valence electrons. The molecule has 0 aliphatic rings. The fourth-order valence-corrected chi connectivity index (χ4v) is 1.87. The highest BCUT2D eigenvalue weighted by Gasteiger charge is 2.35. The Morgan fingerprint density at radius 1 is 0.950 bits per heavy atom. The van der Waals surface area contributed by atoms with Crippen LogP contribution in [0.15, 0.2) is 48.5 Å². The van der Waals surface area contributed by atoms with Crippen LogP contribution in [-0.4, -0.2) is 0 Å². The molecule has 5 heteroatoms. The summed E-state index contributed by atoms with van der Waals surface area (Å²) < 4.78 is 44.3. The van der Waals surface area contributed by atoms with E-state index in [1.54, 1.807) is 24.3 Å². The zero-order chi connectivity index (χ0) is 14.6. The molecule has 20 heavy (non-hydrogen) atoms. The van der Waals surface area contributed by atoms with Crippen LogP contribution in [0.2, 0.25) is 0 Å². The predicted octanol–water partition coefficient (Wildman–Crippen LogP) is 3.74. The van der Waals surface area contributed by atoms with Crippen LogP contribution in [0.5, 0.6) is 5.75 Å². The van der Waals surface area contributed by atoms with Gasteiger partial charge in [-0.3, -0.25) is 0 Å². The summed E-state index contributed by atoms with van der Waals surface area (Å²) >= 11 is 0. The summed E-state index contributed by atoms with van der Waals surface area (Å²) in [7, 11) is 0. The van der Waals surface area contributed by atoms with E-state index < -0.39 is 11.7 Å². The van der Waals surface area contributed by atoms with Crippen molar-refractivity contribution >= 4 is 0 Å². The SMILES string of the molecule is NCc1cccc(C(F)(F)F)c1OCc1ccccc1. The first-order valence-corrected chi connectivity index (χ1v) is 6.08. The Bertz CT molecular complexity index is 567. The van der Waals surface area contributed by atoms with Gasteiger partial charge < -0.3 is 10.5 Å². The van der Waals surface area contributed by atoms with Crippen molar-refractivity contribution in [3.05, 3.63) is 65.2 Å². The molecule has 0 aliphatic heterocycles. The molecule has 2 N–H and O–H groups in total. The van der Waals surface area contributed by atoms with Gasteiger partial charge in [0.05, 0.1) is 5.56 Å². The molecule has 0 bridgehead atoms. The van der Waals surface area contributed by atoms with Gasteiger partial charge in [-0.25, -0.2) is 0 Å². The van der Waals surface area contributed by atoms with E-state index in [-0.39, 0.29) is 18.9 Å². The maximum atomic E-state index is 13.0. The summed E-state index contributed by atoms with van der Waals surface area (Å²) in [5.74, 6) is -0.189. The standard InChI is InChI=1S/C15H14F3NO/c16-15(17,18)13-8-4-7-12(9-19)14(13)20-10-11-5-2-1-3-6-11/h1-8H,9-10,19H2. The minimum absolute atomic E-state index is 0.00591. The van der Waals surface area contributed by atoms with Crippen molar-refractivity contribution < 1.29 is 17.9 Å². The number of para-hydroxylation sites is 1. The number of halogens is 3. The van der Waals surface area contributed by atoms with Crippen molar-refractivity contribution in [2.45, 2.75) is 19.3 Å². The molecule has 2 rings (SSSR count). The zero-order valence-electron chi connectivity index (χ0n) is 10.7. The number of ether oxygens (including phenoxy) is 1. The smallest absolute Gasteiger partial charge is 0.419 e. The number of benzene rings is 2. The summed E-state index contributed by atoms with van der Waals surface area (Å²) in [6.07, 6.45) is -4.46. The van der Waals surface area contributed by atoms with E-state index in [1.165, 1.54) is 12.1 Å². The monoisotopic (exact) mass is 281 g/mol. The van der Waals surface area contributed by atoms with E-state index in [1.807, 2.05) is 6.07 Å². The van der Waals surface area contributed by atoms with Gasteiger partial charge in [-0.2, -0.15) is 13.2 Å². The van der Waals surface area contributed by atoms with Crippen LogP contribution in [0.3, 0.4) is 0 Å². The Morgan fingerprint density at radius 3 is 2.25 bits per heavy atom. The molecule has 0 unspecified atom stereocenters. The number of alkyl halides is 3. The molecule has 0 spiro atoms. The van der Waals surface area contributed by atoms with Crippen molar-refractivity contribution in [1.29, 1.82) is 0 Å². The normalized spacial score (nSPS) is 11.4. The van der Waals surface area contributed by atoms with Gasteiger partial charge in [0, 0.05) is 12.1 Å². The number of hydrogen-bond acceptors (Lipinski definition) is 2. The third kappa shape index (κ3) is 3.30. The van der Waals surface area contributed by atoms with E-state index >= 15 is 0 Å². The Morgan fingerprint density at radius 2 is 1.65 bits per heavy atom. The molecule has 0 heterocycles. The Kier molecular flexibility index (Phi) is 4.29. The second-order valence-corrected chi connectivity index (χ2v) is 4.27. The topological polar surface area (TPSA) is 35.2 Å². The van der Waals surface area contributed by atoms with E-state index in [0.29, 0.717) is 5.56 Å². The molecule has 0 amide bonds. The molecule has 2 nitrogen and oxygen atoms in total. The molecule has 0 saturated heterocycles. The van der Waals surface area contributed by atoms with Crippen LogP contribution in [0.25, 0.3) is 0 Å². The van der Waals surface area contributed by atoms with Crippen molar-refractivity contribution in [3.8, 4) is 5.75 Å². The average Bonchev–Trinajstić information content (AvgIpc) is 2.44. The van der Waals surface area contributed by atoms with Gasteiger partial charge in [0.1, 0.15) is 12.4 Å². The molecule has 0 atom stereocenters. The molecular weight excluding hydrogens is 267 g/mol. The second kappa shape index (κ2) is 5.96. The highest BCUT2D eigenvalue weighted by atomic mass is 19.4. The molecule has 0 saturated carbocycles. The zero-order valence-corrected chi connectivity index (χ0v) is 10.7. The lowest BCUT2D eigenvalue weighted by molar-refractivity contribution is -0.139. The Balaban J connectivity index is 2.29. The van der Waals surface area contributed by atoms with Crippen LogP contribution in [0, 0.1) is 0 Å². The lowest BCUT2D eigenvalue weighted by atomic mass is 10.1. The molecule has 0 radical (unpaired) electrons. The molecule has 0 aromatic heterocycles. The van der Waals surface area contributed by atoms with Crippen molar-refractivity contribution in [2.24, 2.45) is 5.73 Å². The van der Waals surface area contributed by atoms with Crippen LogP contribution >= 0.6 is 0 Å². The lowest BCUT2D eigenvalue weighted by Crippen LogP contribution is -2.12. The van der Waals surface area contributed by atoms with Gasteiger partial charge >= 0.3 is 6.18 Å². The predicted molar refractivity (Wildman–Crippen MR) is 70.1 cm³/mol. The summed E-state index contributed by atoms with van der Waals surface area (Å²) in [6.45, 7) is 0.0645. The first kappa shape index (κ1) is 14.4. The maximum absolute atomic E-state index is 13.0. The number of rotatable bonds is 4. The van der Waals surface area contributed by atoms with Crippen molar-refractivity contribution in [2.75, 3.05) is 0 Å². The first-order chi connectivity index (χ1) is 9.52. The summed E-state index contributed by atoms with van der Waals surface area (Å²) in [5.41, 5.74) is 5.83. The largest absolute Gasteiger partial charge is 0.488 e. The quantitative estimate of drug-likeness (QED) is 0.926. The Hall–Kier alpha value is -2.01. The van der Waals surface area contributed by atoms with Crippen LogP contribution in [-0.2, 0) is 19.3 Å². The van der Waals surface area contributed by atoms with Gasteiger partial charge in [-0.1, -0.05) is 42.5 Å². The minimum Gasteiger partial charge on any atom is -0.488 e. The van der Waals surface area contributed by atoms with Gasteiger partial charge in [-0.15, -0.1) is 0 Å². The fraction of sp³-hybridized carbons (Fsp3) is 0.200. The lowest BCUT2D eigenvalue weighted by Gasteiger charge is -2.17. The minimum atomic E-state index is -4.46. The first-order valence-electron chi connectivity index (χ1n) is 6.08. The summed E-state index contributed by atoms with van der Waals surface area (Å²) in [6, 6.07) is 12.9. The Labute approximate surface area is 115 Å². The molecular formula is C15H14F3NO. The van der Waals surface area contributed by atoms with Crippen LogP contribution in [0.1, 0.15) is 16.7 Å². The summed E-state index contributed by atoms with van der Waals surface area (Å²) in [4.78, 5) is 0. The molecule has 0 aliphatic carbocycles. The third-order valence-electron chi connectivity index (χ3n) is 2.85. The van der Waals surface area contributed by atoms with Gasteiger partial charge in [-0.05, 0) is 11.6 Å². The number of hydrogen-bond donors (Lipinski definition) is 1. The van der Waals surface area contributed by atoms with Gasteiger partial charge in [0.25, 0.3) is 0 Å². The molecule has 2 aromatic rings. The van der Waals surface area contributed by atoms with E-state index in [4.69, 9.17) is 10.5 Å². The van der Waals surface area contributed by atoms with Crippen molar-refractivity contribution in [3.63, 3.8) is 0 Å². The third-order valence-corrected chi connectivity index (χ3v) is 2.85. The number of nitrogens with two attached hydrogens (primary N) is 1.